The van der Waals surface area contributed by atoms with Crippen LogP contribution in [0.15, 0.2) is 24.5 Å². The molecule has 0 spiro atoms. The summed E-state index contributed by atoms with van der Waals surface area (Å²) in [6.07, 6.45) is 5.24. The molecule has 0 aromatic carbocycles. The van der Waals surface area contributed by atoms with E-state index in [0.717, 1.165) is 5.69 Å². The second-order valence-electron chi connectivity index (χ2n) is 1.90. The van der Waals surface area contributed by atoms with Crippen molar-refractivity contribution in [3.8, 4) is 0 Å². The van der Waals surface area contributed by atoms with Crippen molar-refractivity contribution in [3.63, 3.8) is 0 Å². The Morgan fingerprint density at radius 3 is 3.09 bits per heavy atom. The van der Waals surface area contributed by atoms with Gasteiger partial charge in [0.25, 0.3) is 0 Å². The van der Waals surface area contributed by atoms with Gasteiger partial charge in [0.2, 0.25) is 0 Å². The van der Waals surface area contributed by atoms with Crippen molar-refractivity contribution in [1.29, 1.82) is 5.41 Å². The monoisotopic (exact) mass is 167 g/mol. The minimum atomic E-state index is 0.429. The lowest BCUT2D eigenvalue weighted by Crippen LogP contribution is -2.04. The van der Waals surface area contributed by atoms with Gasteiger partial charge in [0.1, 0.15) is 0 Å². The van der Waals surface area contributed by atoms with E-state index in [4.69, 9.17) is 5.41 Å². The van der Waals surface area contributed by atoms with Gasteiger partial charge in [-0.2, -0.15) is 0 Å². The minimum absolute atomic E-state index is 0.429. The van der Waals surface area contributed by atoms with E-state index in [1.165, 1.54) is 11.8 Å². The molecule has 0 aliphatic carbocycles. The second-order valence-corrected chi connectivity index (χ2v) is 2.72. The Hall–Kier alpha value is -1.03. The van der Waals surface area contributed by atoms with Gasteiger partial charge in [0.15, 0.2) is 5.17 Å². The Labute approximate surface area is 69.7 Å². The zero-order chi connectivity index (χ0) is 8.10. The Morgan fingerprint density at radius 1 is 1.73 bits per heavy atom. The number of thioether (sulfide) groups is 1. The molecule has 0 bridgehead atoms. The highest BCUT2D eigenvalue weighted by atomic mass is 32.2. The van der Waals surface area contributed by atoms with Crippen LogP contribution in [0.25, 0.3) is 0 Å². The molecule has 11 heavy (non-hydrogen) atoms. The van der Waals surface area contributed by atoms with E-state index in [9.17, 15) is 0 Å². The average molecular weight is 167 g/mol. The highest BCUT2D eigenvalue weighted by Crippen LogP contribution is 2.05. The fourth-order valence-electron chi connectivity index (χ4n) is 0.619. The number of anilines is 1. The first-order valence-corrected chi connectivity index (χ1v) is 4.35. The molecule has 0 aliphatic rings. The zero-order valence-electron chi connectivity index (χ0n) is 6.16. The predicted octanol–water partition coefficient (Wildman–Crippen LogP) is 1.79. The van der Waals surface area contributed by atoms with Crippen LogP contribution < -0.4 is 5.32 Å². The smallest absolute Gasteiger partial charge is 0.157 e. The first kappa shape index (κ1) is 8.07. The van der Waals surface area contributed by atoms with E-state index >= 15 is 0 Å². The Morgan fingerprint density at radius 2 is 2.55 bits per heavy atom. The maximum atomic E-state index is 7.30. The van der Waals surface area contributed by atoms with Crippen LogP contribution in [0, 0.1) is 5.41 Å². The van der Waals surface area contributed by atoms with Gasteiger partial charge in [-0.1, -0.05) is 11.8 Å². The lowest BCUT2D eigenvalue weighted by atomic mass is 10.4. The summed E-state index contributed by atoms with van der Waals surface area (Å²) in [6, 6.07) is 3.70. The van der Waals surface area contributed by atoms with Crippen LogP contribution in [-0.2, 0) is 0 Å². The molecule has 1 heterocycles. The van der Waals surface area contributed by atoms with Gasteiger partial charge in [0, 0.05) is 6.20 Å². The largest absolute Gasteiger partial charge is 0.334 e. The molecule has 1 aromatic heterocycles. The van der Waals surface area contributed by atoms with Crippen molar-refractivity contribution >= 4 is 22.6 Å². The van der Waals surface area contributed by atoms with Crippen LogP contribution in [0.5, 0.6) is 0 Å². The summed E-state index contributed by atoms with van der Waals surface area (Å²) in [5.41, 5.74) is 0.854. The fourth-order valence-corrected chi connectivity index (χ4v) is 0.839. The second kappa shape index (κ2) is 3.98. The molecule has 4 heteroatoms. The molecule has 0 unspecified atom stereocenters. The van der Waals surface area contributed by atoms with Gasteiger partial charge in [-0.25, -0.2) is 0 Å². The van der Waals surface area contributed by atoms with E-state index in [1.54, 1.807) is 12.4 Å². The SMILES string of the molecule is CSC(=N)Nc1cccnc1. The summed E-state index contributed by atoms with van der Waals surface area (Å²) in [6.45, 7) is 0. The first-order valence-electron chi connectivity index (χ1n) is 3.12. The zero-order valence-corrected chi connectivity index (χ0v) is 6.98. The molecule has 1 rings (SSSR count). The van der Waals surface area contributed by atoms with Crippen LogP contribution in [-0.4, -0.2) is 16.4 Å². The summed E-state index contributed by atoms with van der Waals surface area (Å²) < 4.78 is 0. The molecule has 1 aromatic rings. The van der Waals surface area contributed by atoms with E-state index < -0.39 is 0 Å². The normalized spacial score (nSPS) is 9.18. The van der Waals surface area contributed by atoms with E-state index in [1.807, 2.05) is 18.4 Å². The summed E-state index contributed by atoms with van der Waals surface area (Å²) in [5.74, 6) is 0. The summed E-state index contributed by atoms with van der Waals surface area (Å²) >= 11 is 1.36. The van der Waals surface area contributed by atoms with Crippen LogP contribution in [0.1, 0.15) is 0 Å². The highest BCUT2D eigenvalue weighted by molar-refractivity contribution is 8.13. The van der Waals surface area contributed by atoms with Gasteiger partial charge < -0.3 is 5.32 Å². The predicted molar refractivity (Wildman–Crippen MR) is 49.1 cm³/mol. The maximum Gasteiger partial charge on any atom is 0.157 e. The van der Waals surface area contributed by atoms with Crippen molar-refractivity contribution in [2.75, 3.05) is 11.6 Å². The van der Waals surface area contributed by atoms with E-state index in [-0.39, 0.29) is 0 Å². The molecule has 58 valence electrons. The number of hydrogen-bond acceptors (Lipinski definition) is 3. The molecule has 0 aliphatic heterocycles. The third-order valence-corrected chi connectivity index (χ3v) is 1.63. The summed E-state index contributed by atoms with van der Waals surface area (Å²) in [4.78, 5) is 3.90. The number of nitrogens with one attached hydrogen (secondary N) is 2. The van der Waals surface area contributed by atoms with Crippen molar-refractivity contribution in [2.45, 2.75) is 0 Å². The van der Waals surface area contributed by atoms with Gasteiger partial charge in [-0.3, -0.25) is 10.4 Å². The quantitative estimate of drug-likeness (QED) is 0.495. The van der Waals surface area contributed by atoms with Gasteiger partial charge in [-0.15, -0.1) is 0 Å². The van der Waals surface area contributed by atoms with Crippen LogP contribution in [0.3, 0.4) is 0 Å². The van der Waals surface area contributed by atoms with Gasteiger partial charge in [0.05, 0.1) is 11.9 Å². The molecule has 3 nitrogen and oxygen atoms in total. The number of hydrogen-bond donors (Lipinski definition) is 2. The number of rotatable bonds is 1. The van der Waals surface area contributed by atoms with Crippen molar-refractivity contribution < 1.29 is 0 Å². The van der Waals surface area contributed by atoms with Crippen molar-refractivity contribution in [3.05, 3.63) is 24.5 Å². The van der Waals surface area contributed by atoms with Crippen LogP contribution >= 0.6 is 11.8 Å². The van der Waals surface area contributed by atoms with Gasteiger partial charge >= 0.3 is 0 Å². The molecule has 0 atom stereocenters. The number of aromatic nitrogens is 1. The molecular formula is C7H9N3S. The van der Waals surface area contributed by atoms with Crippen molar-refractivity contribution in [1.82, 2.24) is 4.98 Å². The topological polar surface area (TPSA) is 48.8 Å². The molecule has 0 amide bonds. The molecule has 0 fully saturated rings. The standard InChI is InChI=1S/C7H9N3S/c1-11-7(8)10-6-3-2-4-9-5-6/h2-5H,1H3,(H2,8,10). The summed E-state index contributed by atoms with van der Waals surface area (Å²) in [7, 11) is 0. The summed E-state index contributed by atoms with van der Waals surface area (Å²) in [5, 5.41) is 10.6. The van der Waals surface area contributed by atoms with Crippen molar-refractivity contribution in [2.24, 2.45) is 0 Å². The maximum absolute atomic E-state index is 7.30. The highest BCUT2D eigenvalue weighted by Gasteiger charge is 1.92. The Kier molecular flexibility index (Phi) is 2.92. The third-order valence-electron chi connectivity index (χ3n) is 1.12. The van der Waals surface area contributed by atoms with Crippen LogP contribution in [0.2, 0.25) is 0 Å². The molecular weight excluding hydrogens is 158 g/mol. The van der Waals surface area contributed by atoms with E-state index in [2.05, 4.69) is 10.3 Å². The average Bonchev–Trinajstić information content (AvgIpc) is 2.06. The number of nitrogens with zero attached hydrogens (tertiary/aromatic N) is 1. The number of amidine groups is 1. The third kappa shape index (κ3) is 2.59. The fraction of sp³-hybridized carbons (Fsp3) is 0.143. The molecule has 0 saturated carbocycles. The van der Waals surface area contributed by atoms with E-state index in [0.29, 0.717) is 5.17 Å². The lowest BCUT2D eigenvalue weighted by molar-refractivity contribution is 1.33. The Bertz CT molecular complexity index is 235. The number of pyridine rings is 1. The molecule has 0 radical (unpaired) electrons. The lowest BCUT2D eigenvalue weighted by Gasteiger charge is -2.02. The van der Waals surface area contributed by atoms with Crippen LogP contribution in [0.4, 0.5) is 5.69 Å². The van der Waals surface area contributed by atoms with Gasteiger partial charge in [-0.05, 0) is 18.4 Å². The Balaban J connectivity index is 2.58. The molecule has 2 N–H and O–H groups in total. The first-order chi connectivity index (χ1) is 5.33. The molecule has 0 saturated heterocycles. The minimum Gasteiger partial charge on any atom is -0.334 e.